The van der Waals surface area contributed by atoms with Crippen LogP contribution >= 0.6 is 0 Å². The van der Waals surface area contributed by atoms with Crippen LogP contribution in [0.5, 0.6) is 0 Å². The molecule has 1 aliphatic carbocycles. The molecule has 0 radical (unpaired) electrons. The van der Waals surface area contributed by atoms with Gasteiger partial charge < -0.3 is 20.5 Å². The Kier molecular flexibility index (Phi) is 5.60. The number of carboxylic acids is 1. The largest absolute Gasteiger partial charge is 0.479 e. The molecular formula is C13H24N2O4. The van der Waals surface area contributed by atoms with Crippen molar-refractivity contribution in [3.63, 3.8) is 0 Å². The molecule has 1 rings (SSSR count). The molecule has 0 spiro atoms. The number of carboxylic acid groups (broad SMARTS) is 1. The van der Waals surface area contributed by atoms with E-state index in [4.69, 9.17) is 9.84 Å². The van der Waals surface area contributed by atoms with Crippen LogP contribution in [0.2, 0.25) is 0 Å². The predicted octanol–water partition coefficient (Wildman–Crippen LogP) is 1.35. The zero-order valence-electron chi connectivity index (χ0n) is 11.9. The van der Waals surface area contributed by atoms with Gasteiger partial charge in [-0.25, -0.2) is 9.59 Å². The van der Waals surface area contributed by atoms with Crippen LogP contribution in [0.25, 0.3) is 0 Å². The van der Waals surface area contributed by atoms with E-state index in [1.54, 1.807) is 0 Å². The standard InChI is InChI=1S/C13H24N2O4/c1-13(2)6-4-9(5-7-13)15-12(18)14-8-10(19-3)11(16)17/h9-10H,4-8H2,1-3H3,(H,16,17)(H2,14,15,18). The van der Waals surface area contributed by atoms with Crippen molar-refractivity contribution in [3.05, 3.63) is 0 Å². The minimum atomic E-state index is -1.08. The summed E-state index contributed by atoms with van der Waals surface area (Å²) in [4.78, 5) is 22.4. The number of carbonyl (C=O) groups is 2. The number of hydrogen-bond donors (Lipinski definition) is 3. The molecule has 0 saturated heterocycles. The van der Waals surface area contributed by atoms with Gasteiger partial charge in [0.15, 0.2) is 6.10 Å². The van der Waals surface area contributed by atoms with Crippen molar-refractivity contribution in [2.75, 3.05) is 13.7 Å². The second kappa shape index (κ2) is 6.75. The van der Waals surface area contributed by atoms with Gasteiger partial charge in [0.25, 0.3) is 0 Å². The molecule has 1 aliphatic rings. The van der Waals surface area contributed by atoms with E-state index in [1.165, 1.54) is 7.11 Å². The fourth-order valence-electron chi connectivity index (χ4n) is 2.24. The molecule has 1 atom stereocenters. The fourth-order valence-corrected chi connectivity index (χ4v) is 2.24. The molecule has 110 valence electrons. The zero-order chi connectivity index (χ0) is 14.5. The average Bonchev–Trinajstić information content (AvgIpc) is 2.32. The van der Waals surface area contributed by atoms with Gasteiger partial charge in [-0.15, -0.1) is 0 Å². The van der Waals surface area contributed by atoms with Crippen LogP contribution in [0.4, 0.5) is 4.79 Å². The first kappa shape index (κ1) is 15.8. The van der Waals surface area contributed by atoms with E-state index in [1.807, 2.05) is 0 Å². The third-order valence-corrected chi connectivity index (χ3v) is 3.68. The molecule has 1 fully saturated rings. The topological polar surface area (TPSA) is 87.7 Å². The van der Waals surface area contributed by atoms with Gasteiger partial charge in [-0.2, -0.15) is 0 Å². The molecule has 0 bridgehead atoms. The molecule has 0 aromatic carbocycles. The Labute approximate surface area is 113 Å². The summed E-state index contributed by atoms with van der Waals surface area (Å²) in [6, 6.07) is -0.146. The molecule has 6 nitrogen and oxygen atoms in total. The van der Waals surface area contributed by atoms with Gasteiger partial charge in [-0.05, 0) is 31.1 Å². The van der Waals surface area contributed by atoms with Gasteiger partial charge in [-0.1, -0.05) is 13.8 Å². The van der Waals surface area contributed by atoms with Crippen molar-refractivity contribution < 1.29 is 19.4 Å². The maximum atomic E-state index is 11.6. The lowest BCUT2D eigenvalue weighted by Crippen LogP contribution is -2.47. The third kappa shape index (κ3) is 5.46. The Morgan fingerprint density at radius 3 is 2.42 bits per heavy atom. The first-order chi connectivity index (χ1) is 8.84. The van der Waals surface area contributed by atoms with Crippen LogP contribution in [0, 0.1) is 5.41 Å². The molecule has 2 amide bonds. The van der Waals surface area contributed by atoms with E-state index in [2.05, 4.69) is 24.5 Å². The number of methoxy groups -OCH3 is 1. The summed E-state index contributed by atoms with van der Waals surface area (Å²) in [6.07, 6.45) is 3.11. The normalized spacial score (nSPS) is 20.6. The molecule has 1 saturated carbocycles. The number of ether oxygens (including phenoxy) is 1. The summed E-state index contributed by atoms with van der Waals surface area (Å²) in [5.41, 5.74) is 0.360. The minimum absolute atomic E-state index is 0.0319. The molecule has 1 unspecified atom stereocenters. The van der Waals surface area contributed by atoms with E-state index in [9.17, 15) is 9.59 Å². The highest BCUT2D eigenvalue weighted by molar-refractivity contribution is 5.77. The lowest BCUT2D eigenvalue weighted by Gasteiger charge is -2.34. The average molecular weight is 272 g/mol. The highest BCUT2D eigenvalue weighted by Gasteiger charge is 2.27. The van der Waals surface area contributed by atoms with Crippen molar-refractivity contribution in [2.45, 2.75) is 51.7 Å². The molecule has 0 aliphatic heterocycles. The Balaban J connectivity index is 2.27. The summed E-state index contributed by atoms with van der Waals surface area (Å²) < 4.78 is 4.74. The van der Waals surface area contributed by atoms with Crippen molar-refractivity contribution in [1.82, 2.24) is 10.6 Å². The number of rotatable bonds is 5. The summed E-state index contributed by atoms with van der Waals surface area (Å²) in [5.74, 6) is -1.08. The molecule has 6 heteroatoms. The maximum absolute atomic E-state index is 11.6. The Morgan fingerprint density at radius 1 is 1.37 bits per heavy atom. The quantitative estimate of drug-likeness (QED) is 0.705. The lowest BCUT2D eigenvalue weighted by molar-refractivity contribution is -0.147. The highest BCUT2D eigenvalue weighted by atomic mass is 16.5. The van der Waals surface area contributed by atoms with Gasteiger partial charge >= 0.3 is 12.0 Å². The fraction of sp³-hybridized carbons (Fsp3) is 0.846. The van der Waals surface area contributed by atoms with Gasteiger partial charge in [0.1, 0.15) is 0 Å². The molecule has 0 aromatic heterocycles. The number of nitrogens with one attached hydrogen (secondary N) is 2. The smallest absolute Gasteiger partial charge is 0.334 e. The van der Waals surface area contributed by atoms with Crippen LogP contribution in [-0.2, 0) is 9.53 Å². The van der Waals surface area contributed by atoms with Crippen molar-refractivity contribution in [1.29, 1.82) is 0 Å². The SMILES string of the molecule is COC(CNC(=O)NC1CCC(C)(C)CC1)C(=O)O. The van der Waals surface area contributed by atoms with E-state index < -0.39 is 12.1 Å². The predicted molar refractivity (Wildman–Crippen MR) is 71.0 cm³/mol. The van der Waals surface area contributed by atoms with Crippen LogP contribution in [0.15, 0.2) is 0 Å². The zero-order valence-corrected chi connectivity index (χ0v) is 11.9. The summed E-state index contributed by atoms with van der Waals surface area (Å²) in [6.45, 7) is 4.44. The van der Waals surface area contributed by atoms with E-state index in [-0.39, 0.29) is 18.6 Å². The Morgan fingerprint density at radius 2 is 1.95 bits per heavy atom. The molecule has 19 heavy (non-hydrogen) atoms. The lowest BCUT2D eigenvalue weighted by atomic mass is 9.76. The van der Waals surface area contributed by atoms with Crippen LogP contribution in [0.3, 0.4) is 0 Å². The van der Waals surface area contributed by atoms with Gasteiger partial charge in [-0.3, -0.25) is 0 Å². The van der Waals surface area contributed by atoms with E-state index >= 15 is 0 Å². The summed E-state index contributed by atoms with van der Waals surface area (Å²) >= 11 is 0. The van der Waals surface area contributed by atoms with Gasteiger partial charge in [0, 0.05) is 13.2 Å². The monoisotopic (exact) mass is 272 g/mol. The highest BCUT2D eigenvalue weighted by Crippen LogP contribution is 2.34. The minimum Gasteiger partial charge on any atom is -0.479 e. The number of aliphatic carboxylic acids is 1. The number of hydrogen-bond acceptors (Lipinski definition) is 3. The van der Waals surface area contributed by atoms with Crippen molar-refractivity contribution in [2.24, 2.45) is 5.41 Å². The molecular weight excluding hydrogens is 248 g/mol. The summed E-state index contributed by atoms with van der Waals surface area (Å²) in [5, 5.41) is 14.2. The first-order valence-corrected chi connectivity index (χ1v) is 6.64. The van der Waals surface area contributed by atoms with E-state index in [0.717, 1.165) is 25.7 Å². The second-order valence-electron chi connectivity index (χ2n) is 5.86. The molecule has 0 aromatic rings. The maximum Gasteiger partial charge on any atom is 0.334 e. The summed E-state index contributed by atoms with van der Waals surface area (Å²) in [7, 11) is 1.31. The first-order valence-electron chi connectivity index (χ1n) is 6.64. The van der Waals surface area contributed by atoms with Gasteiger partial charge in [0.05, 0.1) is 6.54 Å². The third-order valence-electron chi connectivity index (χ3n) is 3.68. The van der Waals surface area contributed by atoms with Crippen LogP contribution < -0.4 is 10.6 Å². The number of amides is 2. The Hall–Kier alpha value is -1.30. The molecule has 0 heterocycles. The number of carbonyl (C=O) groups excluding carboxylic acids is 1. The van der Waals surface area contributed by atoms with Crippen LogP contribution in [0.1, 0.15) is 39.5 Å². The Bertz CT molecular complexity index is 321. The molecule has 3 N–H and O–H groups in total. The van der Waals surface area contributed by atoms with Crippen molar-refractivity contribution >= 4 is 12.0 Å². The number of urea groups is 1. The van der Waals surface area contributed by atoms with Crippen molar-refractivity contribution in [3.8, 4) is 0 Å². The van der Waals surface area contributed by atoms with E-state index in [0.29, 0.717) is 5.41 Å². The van der Waals surface area contributed by atoms with Gasteiger partial charge in [0.2, 0.25) is 0 Å². The second-order valence-corrected chi connectivity index (χ2v) is 5.86. The van der Waals surface area contributed by atoms with Crippen LogP contribution in [-0.4, -0.2) is 42.9 Å².